The van der Waals surface area contributed by atoms with E-state index in [0.29, 0.717) is 0 Å². The van der Waals surface area contributed by atoms with Crippen molar-refractivity contribution < 1.29 is 25.9 Å². The average Bonchev–Trinajstić information content (AvgIpc) is 1.96. The SMILES string of the molecule is O=S(=O)(O)Oc1cccc(F)c1F. The molecule has 1 aromatic carbocycles. The summed E-state index contributed by atoms with van der Waals surface area (Å²) in [5, 5.41) is 0. The summed E-state index contributed by atoms with van der Waals surface area (Å²) in [6, 6.07) is 2.69. The molecule has 0 bridgehead atoms. The zero-order valence-electron chi connectivity index (χ0n) is 6.07. The van der Waals surface area contributed by atoms with Gasteiger partial charge in [0.2, 0.25) is 5.82 Å². The molecule has 0 aliphatic heterocycles. The van der Waals surface area contributed by atoms with E-state index < -0.39 is 27.8 Å². The molecule has 0 spiro atoms. The summed E-state index contributed by atoms with van der Waals surface area (Å²) in [5.74, 6) is -3.62. The van der Waals surface area contributed by atoms with Gasteiger partial charge in [-0.3, -0.25) is 4.55 Å². The lowest BCUT2D eigenvalue weighted by molar-refractivity contribution is 0.370. The van der Waals surface area contributed by atoms with Crippen molar-refractivity contribution in [2.45, 2.75) is 0 Å². The Morgan fingerprint density at radius 1 is 1.31 bits per heavy atom. The van der Waals surface area contributed by atoms with E-state index in [1.165, 1.54) is 0 Å². The summed E-state index contributed by atoms with van der Waals surface area (Å²) >= 11 is 0. The molecule has 0 atom stereocenters. The number of benzene rings is 1. The molecule has 13 heavy (non-hydrogen) atoms. The van der Waals surface area contributed by atoms with Gasteiger partial charge in [-0.2, -0.15) is 12.8 Å². The number of rotatable bonds is 2. The van der Waals surface area contributed by atoms with E-state index in [-0.39, 0.29) is 0 Å². The molecule has 0 aliphatic carbocycles. The Balaban J connectivity index is 3.10. The monoisotopic (exact) mass is 210 g/mol. The Labute approximate surface area is 72.7 Å². The molecule has 0 saturated carbocycles. The van der Waals surface area contributed by atoms with Crippen molar-refractivity contribution in [3.8, 4) is 5.75 Å². The standard InChI is InChI=1S/C6H4F2O4S/c7-4-2-1-3-5(6(4)8)12-13(9,10)11/h1-3H,(H,9,10,11). The van der Waals surface area contributed by atoms with Gasteiger partial charge in [0.15, 0.2) is 11.6 Å². The molecule has 1 rings (SSSR count). The molecular formula is C6H4F2O4S. The van der Waals surface area contributed by atoms with Gasteiger partial charge in [0, 0.05) is 0 Å². The molecular weight excluding hydrogens is 206 g/mol. The smallest absolute Gasteiger partial charge is 0.359 e. The minimum Gasteiger partial charge on any atom is -0.359 e. The Bertz CT molecular complexity index is 415. The van der Waals surface area contributed by atoms with Crippen LogP contribution in [0.4, 0.5) is 8.78 Å². The molecule has 1 N–H and O–H groups in total. The van der Waals surface area contributed by atoms with Crippen molar-refractivity contribution in [2.24, 2.45) is 0 Å². The van der Waals surface area contributed by atoms with E-state index in [1.807, 2.05) is 0 Å². The van der Waals surface area contributed by atoms with Crippen LogP contribution in [-0.4, -0.2) is 13.0 Å². The predicted octanol–water partition coefficient (Wildman–Crippen LogP) is 1.15. The molecule has 0 saturated heterocycles. The fourth-order valence-corrected chi connectivity index (χ4v) is 1.02. The van der Waals surface area contributed by atoms with Gasteiger partial charge in [0.05, 0.1) is 0 Å². The van der Waals surface area contributed by atoms with Crippen LogP contribution >= 0.6 is 0 Å². The fraction of sp³-hybridized carbons (Fsp3) is 0. The van der Waals surface area contributed by atoms with Crippen LogP contribution in [0.25, 0.3) is 0 Å². The summed E-state index contributed by atoms with van der Waals surface area (Å²) in [4.78, 5) is 0. The Morgan fingerprint density at radius 2 is 1.92 bits per heavy atom. The van der Waals surface area contributed by atoms with Crippen molar-refractivity contribution in [3.63, 3.8) is 0 Å². The number of hydrogen-bond donors (Lipinski definition) is 1. The average molecular weight is 210 g/mol. The normalized spacial score (nSPS) is 11.3. The minimum absolute atomic E-state index is 0.784. The van der Waals surface area contributed by atoms with E-state index in [0.717, 1.165) is 18.2 Å². The summed E-state index contributed by atoms with van der Waals surface area (Å²) in [6.45, 7) is 0. The lowest BCUT2D eigenvalue weighted by Crippen LogP contribution is -2.08. The first-order chi connectivity index (χ1) is 5.90. The summed E-state index contributed by atoms with van der Waals surface area (Å²) < 4.78 is 57.2. The van der Waals surface area contributed by atoms with Crippen molar-refractivity contribution in [3.05, 3.63) is 29.8 Å². The third-order valence-electron chi connectivity index (χ3n) is 1.11. The van der Waals surface area contributed by atoms with Gasteiger partial charge >= 0.3 is 10.4 Å². The van der Waals surface area contributed by atoms with Crippen molar-refractivity contribution in [1.29, 1.82) is 0 Å². The highest BCUT2D eigenvalue weighted by atomic mass is 32.3. The quantitative estimate of drug-likeness (QED) is 0.743. The van der Waals surface area contributed by atoms with E-state index in [9.17, 15) is 17.2 Å². The summed E-state index contributed by atoms with van der Waals surface area (Å²) in [6.07, 6.45) is 0. The molecule has 4 nitrogen and oxygen atoms in total. The molecule has 0 radical (unpaired) electrons. The molecule has 1 aromatic rings. The first-order valence-corrected chi connectivity index (χ1v) is 4.37. The summed E-state index contributed by atoms with van der Waals surface area (Å²) in [5.41, 5.74) is 0. The van der Waals surface area contributed by atoms with Crippen LogP contribution in [0, 0.1) is 11.6 Å². The van der Waals surface area contributed by atoms with Gasteiger partial charge in [0.25, 0.3) is 0 Å². The van der Waals surface area contributed by atoms with E-state index in [4.69, 9.17) is 4.55 Å². The summed E-state index contributed by atoms with van der Waals surface area (Å²) in [7, 11) is -4.82. The highest BCUT2D eigenvalue weighted by Gasteiger charge is 2.14. The highest BCUT2D eigenvalue weighted by molar-refractivity contribution is 7.81. The van der Waals surface area contributed by atoms with E-state index in [1.54, 1.807) is 0 Å². The molecule has 0 unspecified atom stereocenters. The first kappa shape index (κ1) is 9.87. The van der Waals surface area contributed by atoms with Gasteiger partial charge in [-0.15, -0.1) is 0 Å². The maximum absolute atomic E-state index is 12.7. The van der Waals surface area contributed by atoms with Crippen LogP contribution in [-0.2, 0) is 10.4 Å². The topological polar surface area (TPSA) is 63.6 Å². The van der Waals surface area contributed by atoms with Crippen LogP contribution < -0.4 is 4.18 Å². The van der Waals surface area contributed by atoms with Crippen LogP contribution in [0.3, 0.4) is 0 Å². The minimum atomic E-state index is -4.82. The van der Waals surface area contributed by atoms with E-state index in [2.05, 4.69) is 4.18 Å². The van der Waals surface area contributed by atoms with Gasteiger partial charge < -0.3 is 4.18 Å². The molecule has 72 valence electrons. The molecule has 0 heterocycles. The van der Waals surface area contributed by atoms with Gasteiger partial charge in [-0.1, -0.05) is 6.07 Å². The van der Waals surface area contributed by atoms with E-state index >= 15 is 0 Å². The van der Waals surface area contributed by atoms with Crippen LogP contribution in [0.5, 0.6) is 5.75 Å². The van der Waals surface area contributed by atoms with Crippen molar-refractivity contribution in [1.82, 2.24) is 0 Å². The molecule has 0 aromatic heterocycles. The zero-order chi connectivity index (χ0) is 10.1. The van der Waals surface area contributed by atoms with Crippen LogP contribution in [0.2, 0.25) is 0 Å². The van der Waals surface area contributed by atoms with Gasteiger partial charge in [-0.05, 0) is 12.1 Å². The Hall–Kier alpha value is -1.21. The van der Waals surface area contributed by atoms with Crippen LogP contribution in [0.15, 0.2) is 18.2 Å². The first-order valence-electron chi connectivity index (χ1n) is 3.01. The second kappa shape index (κ2) is 3.27. The van der Waals surface area contributed by atoms with Crippen molar-refractivity contribution in [2.75, 3.05) is 0 Å². The maximum Gasteiger partial charge on any atom is 0.446 e. The highest BCUT2D eigenvalue weighted by Crippen LogP contribution is 2.19. The number of hydrogen-bond acceptors (Lipinski definition) is 3. The number of halogens is 2. The second-order valence-corrected chi connectivity index (χ2v) is 3.09. The third-order valence-corrected chi connectivity index (χ3v) is 1.50. The Kier molecular flexibility index (Phi) is 2.48. The van der Waals surface area contributed by atoms with Crippen LogP contribution in [0.1, 0.15) is 0 Å². The molecule has 7 heteroatoms. The maximum atomic E-state index is 12.7. The lowest BCUT2D eigenvalue weighted by Gasteiger charge is -2.01. The molecule has 0 amide bonds. The third kappa shape index (κ3) is 2.63. The van der Waals surface area contributed by atoms with Crippen molar-refractivity contribution >= 4 is 10.4 Å². The lowest BCUT2D eigenvalue weighted by atomic mass is 10.3. The second-order valence-electron chi connectivity index (χ2n) is 2.06. The zero-order valence-corrected chi connectivity index (χ0v) is 6.88. The predicted molar refractivity (Wildman–Crippen MR) is 38.5 cm³/mol. The molecule has 0 fully saturated rings. The Morgan fingerprint density at radius 3 is 2.46 bits per heavy atom. The fourth-order valence-electron chi connectivity index (χ4n) is 0.662. The van der Waals surface area contributed by atoms with Gasteiger partial charge in [-0.25, -0.2) is 4.39 Å². The molecule has 0 aliphatic rings. The largest absolute Gasteiger partial charge is 0.446 e. The van der Waals surface area contributed by atoms with Gasteiger partial charge in [0.1, 0.15) is 0 Å².